The van der Waals surface area contributed by atoms with Gasteiger partial charge in [0.05, 0.1) is 21.2 Å². The molecule has 0 saturated heterocycles. The Morgan fingerprint density at radius 3 is 2.20 bits per heavy atom. The van der Waals surface area contributed by atoms with Crippen LogP contribution >= 0.6 is 31.9 Å². The normalized spacial score (nSPS) is 11.7. The van der Waals surface area contributed by atoms with Crippen molar-refractivity contribution in [2.75, 3.05) is 19.8 Å². The van der Waals surface area contributed by atoms with Gasteiger partial charge < -0.3 is 14.8 Å². The highest BCUT2D eigenvalue weighted by molar-refractivity contribution is 9.11. The summed E-state index contributed by atoms with van der Waals surface area (Å²) in [5.41, 5.74) is 1.05. The van der Waals surface area contributed by atoms with Crippen molar-refractivity contribution in [2.24, 2.45) is 0 Å². The molecule has 3 nitrogen and oxygen atoms in total. The third kappa shape index (κ3) is 5.72. The highest BCUT2D eigenvalue weighted by Crippen LogP contribution is 2.34. The topological polar surface area (TPSA) is 30.5 Å². The van der Waals surface area contributed by atoms with Gasteiger partial charge in [-0.05, 0) is 77.3 Å². The molecule has 0 unspecified atom stereocenters. The van der Waals surface area contributed by atoms with Crippen LogP contribution in [0.25, 0.3) is 0 Å². The molecule has 0 aliphatic rings. The van der Waals surface area contributed by atoms with Crippen LogP contribution in [-0.2, 0) is 11.3 Å². The van der Waals surface area contributed by atoms with Gasteiger partial charge in [-0.3, -0.25) is 0 Å². The summed E-state index contributed by atoms with van der Waals surface area (Å²) in [6, 6.07) is 4.16. The molecular formula is C15H23Br2NO2. The van der Waals surface area contributed by atoms with Gasteiger partial charge in [0, 0.05) is 19.7 Å². The van der Waals surface area contributed by atoms with Gasteiger partial charge in [0.1, 0.15) is 5.75 Å². The molecule has 0 amide bonds. The second kappa shape index (κ2) is 8.37. The molecule has 0 atom stereocenters. The Morgan fingerprint density at radius 1 is 1.10 bits per heavy atom. The number of hydrogen-bond donors (Lipinski definition) is 1. The van der Waals surface area contributed by atoms with Crippen LogP contribution in [0, 0.1) is 0 Å². The lowest BCUT2D eigenvalue weighted by Gasteiger charge is -2.25. The lowest BCUT2D eigenvalue weighted by molar-refractivity contribution is -0.00897. The minimum atomic E-state index is -0.144. The van der Waals surface area contributed by atoms with Crippen LogP contribution in [0.1, 0.15) is 33.3 Å². The number of nitrogens with one attached hydrogen (secondary N) is 1. The van der Waals surface area contributed by atoms with Crippen molar-refractivity contribution >= 4 is 31.9 Å². The summed E-state index contributed by atoms with van der Waals surface area (Å²) in [5, 5.41) is 3.43. The molecule has 5 heteroatoms. The molecule has 0 aliphatic carbocycles. The molecule has 1 aromatic rings. The molecule has 0 heterocycles. The maximum absolute atomic E-state index is 5.66. The number of ether oxygens (including phenoxy) is 2. The fourth-order valence-corrected chi connectivity index (χ4v) is 3.46. The maximum Gasteiger partial charge on any atom is 0.147 e. The van der Waals surface area contributed by atoms with E-state index in [1.165, 1.54) is 5.56 Å². The van der Waals surface area contributed by atoms with E-state index in [1.54, 1.807) is 0 Å². The lowest BCUT2D eigenvalue weighted by atomic mass is 10.1. The van der Waals surface area contributed by atoms with Gasteiger partial charge in [0.25, 0.3) is 0 Å². The Labute approximate surface area is 138 Å². The van der Waals surface area contributed by atoms with Gasteiger partial charge in [-0.25, -0.2) is 0 Å². The zero-order valence-electron chi connectivity index (χ0n) is 12.6. The van der Waals surface area contributed by atoms with Crippen LogP contribution in [-0.4, -0.2) is 25.4 Å². The fourth-order valence-electron chi connectivity index (χ4n) is 1.95. The van der Waals surface area contributed by atoms with E-state index in [4.69, 9.17) is 9.47 Å². The van der Waals surface area contributed by atoms with Crippen molar-refractivity contribution in [3.05, 3.63) is 26.6 Å². The summed E-state index contributed by atoms with van der Waals surface area (Å²) < 4.78 is 13.2. The molecule has 1 rings (SSSR count). The average molecular weight is 409 g/mol. The molecule has 114 valence electrons. The van der Waals surface area contributed by atoms with Crippen LogP contribution in [0.4, 0.5) is 0 Å². The van der Waals surface area contributed by atoms with Gasteiger partial charge in [-0.2, -0.15) is 0 Å². The van der Waals surface area contributed by atoms with Crippen molar-refractivity contribution in [2.45, 2.75) is 39.8 Å². The van der Waals surface area contributed by atoms with Crippen LogP contribution in [0.3, 0.4) is 0 Å². The Balaban J connectivity index is 2.61. The Kier molecular flexibility index (Phi) is 7.51. The molecule has 1 N–H and O–H groups in total. The van der Waals surface area contributed by atoms with Crippen molar-refractivity contribution in [3.63, 3.8) is 0 Å². The molecule has 0 saturated carbocycles. The van der Waals surface area contributed by atoms with Crippen molar-refractivity contribution < 1.29 is 9.47 Å². The Bertz CT molecular complexity index is 413. The molecule has 0 radical (unpaired) electrons. The number of halogens is 2. The molecule has 20 heavy (non-hydrogen) atoms. The smallest absolute Gasteiger partial charge is 0.147 e. The van der Waals surface area contributed by atoms with Gasteiger partial charge in [-0.15, -0.1) is 0 Å². The van der Waals surface area contributed by atoms with E-state index >= 15 is 0 Å². The van der Waals surface area contributed by atoms with Crippen LogP contribution in [0.15, 0.2) is 21.1 Å². The highest BCUT2D eigenvalue weighted by atomic mass is 79.9. The molecular weight excluding hydrogens is 386 g/mol. The van der Waals surface area contributed by atoms with Crippen LogP contribution < -0.4 is 10.1 Å². The maximum atomic E-state index is 5.66. The zero-order valence-corrected chi connectivity index (χ0v) is 15.7. The van der Waals surface area contributed by atoms with E-state index in [2.05, 4.69) is 63.2 Å². The van der Waals surface area contributed by atoms with E-state index in [9.17, 15) is 0 Å². The standard InChI is InChI=1S/C15H23Br2NO2/c1-5-19-14-12(16)7-11(8-13(14)17)9-18-10-15(3,4)20-6-2/h7-8,18H,5-6,9-10H2,1-4H3. The molecule has 0 aromatic heterocycles. The number of benzene rings is 1. The van der Waals surface area contributed by atoms with Gasteiger partial charge >= 0.3 is 0 Å². The first-order chi connectivity index (χ1) is 9.39. The predicted molar refractivity (Wildman–Crippen MR) is 90.4 cm³/mol. The Morgan fingerprint density at radius 2 is 1.70 bits per heavy atom. The summed E-state index contributed by atoms with van der Waals surface area (Å²) in [7, 11) is 0. The van der Waals surface area contributed by atoms with Crippen molar-refractivity contribution in [1.29, 1.82) is 0 Å². The molecule has 0 fully saturated rings. The third-order valence-electron chi connectivity index (χ3n) is 2.76. The molecule has 0 aliphatic heterocycles. The average Bonchev–Trinajstić information content (AvgIpc) is 2.33. The summed E-state index contributed by atoms with van der Waals surface area (Å²) in [5.74, 6) is 0.853. The predicted octanol–water partition coefficient (Wildman–Crippen LogP) is 4.52. The molecule has 1 aromatic carbocycles. The monoisotopic (exact) mass is 407 g/mol. The number of rotatable bonds is 8. The summed E-state index contributed by atoms with van der Waals surface area (Å²) in [4.78, 5) is 0. The van der Waals surface area contributed by atoms with E-state index in [-0.39, 0.29) is 5.60 Å². The van der Waals surface area contributed by atoms with Crippen LogP contribution in [0.2, 0.25) is 0 Å². The SMILES string of the molecule is CCOc1c(Br)cc(CNCC(C)(C)OCC)cc1Br. The van der Waals surface area contributed by atoms with Gasteiger partial charge in [-0.1, -0.05) is 0 Å². The summed E-state index contributed by atoms with van der Waals surface area (Å²) >= 11 is 7.10. The fraction of sp³-hybridized carbons (Fsp3) is 0.600. The van der Waals surface area contributed by atoms with E-state index in [0.717, 1.165) is 34.4 Å². The lowest BCUT2D eigenvalue weighted by Crippen LogP contribution is -2.37. The van der Waals surface area contributed by atoms with Crippen LogP contribution in [0.5, 0.6) is 5.75 Å². The summed E-state index contributed by atoms with van der Waals surface area (Å²) in [6.45, 7) is 11.2. The quantitative estimate of drug-likeness (QED) is 0.686. The van der Waals surface area contributed by atoms with Gasteiger partial charge in [0.15, 0.2) is 0 Å². The first kappa shape index (κ1) is 18.0. The number of hydrogen-bond acceptors (Lipinski definition) is 3. The molecule has 0 bridgehead atoms. The highest BCUT2D eigenvalue weighted by Gasteiger charge is 2.17. The summed E-state index contributed by atoms with van der Waals surface area (Å²) in [6.07, 6.45) is 0. The zero-order chi connectivity index (χ0) is 15.2. The second-order valence-corrected chi connectivity index (χ2v) is 6.83. The van der Waals surface area contributed by atoms with E-state index < -0.39 is 0 Å². The first-order valence-electron chi connectivity index (χ1n) is 6.85. The minimum absolute atomic E-state index is 0.144. The van der Waals surface area contributed by atoms with E-state index in [1.807, 2.05) is 13.8 Å². The van der Waals surface area contributed by atoms with Gasteiger partial charge in [0.2, 0.25) is 0 Å². The van der Waals surface area contributed by atoms with E-state index in [0.29, 0.717) is 6.61 Å². The van der Waals surface area contributed by atoms with Crippen molar-refractivity contribution in [3.8, 4) is 5.75 Å². The first-order valence-corrected chi connectivity index (χ1v) is 8.43. The Hall–Kier alpha value is -0.100. The largest absolute Gasteiger partial charge is 0.492 e. The van der Waals surface area contributed by atoms with Crippen molar-refractivity contribution in [1.82, 2.24) is 5.32 Å². The second-order valence-electron chi connectivity index (χ2n) is 5.12. The molecule has 0 spiro atoms. The minimum Gasteiger partial charge on any atom is -0.492 e. The third-order valence-corrected chi connectivity index (χ3v) is 3.94.